The minimum absolute atomic E-state index is 0.0269. The van der Waals surface area contributed by atoms with Gasteiger partial charge >= 0.3 is 0 Å². The van der Waals surface area contributed by atoms with Crippen molar-refractivity contribution in [3.8, 4) is 5.75 Å². The van der Waals surface area contributed by atoms with Gasteiger partial charge in [0.1, 0.15) is 5.75 Å². The molecule has 1 N–H and O–H groups in total. The van der Waals surface area contributed by atoms with Crippen LogP contribution in [0.4, 0.5) is 0 Å². The van der Waals surface area contributed by atoms with Crippen molar-refractivity contribution in [2.75, 3.05) is 26.7 Å². The molecule has 26 heavy (non-hydrogen) atoms. The van der Waals surface area contributed by atoms with Crippen LogP contribution in [0, 0.1) is 5.92 Å². The predicted octanol–water partition coefficient (Wildman–Crippen LogP) is 2.98. The highest BCUT2D eigenvalue weighted by Gasteiger charge is 2.31. The number of amides is 1. The highest BCUT2D eigenvalue weighted by atomic mass is 16.5. The summed E-state index contributed by atoms with van der Waals surface area (Å²) in [5.41, 5.74) is 1.36. The molecule has 1 aromatic rings. The van der Waals surface area contributed by atoms with Gasteiger partial charge < -0.3 is 14.8 Å². The summed E-state index contributed by atoms with van der Waals surface area (Å²) in [7, 11) is 1.63. The molecule has 0 aromatic heterocycles. The van der Waals surface area contributed by atoms with E-state index in [1.807, 2.05) is 6.92 Å². The predicted molar refractivity (Wildman–Crippen MR) is 102 cm³/mol. The van der Waals surface area contributed by atoms with Crippen molar-refractivity contribution in [1.82, 2.24) is 10.2 Å². The summed E-state index contributed by atoms with van der Waals surface area (Å²) in [6.07, 6.45) is 5.35. The van der Waals surface area contributed by atoms with E-state index < -0.39 is 0 Å². The Labute approximate surface area is 157 Å². The molecule has 5 nitrogen and oxygen atoms in total. The van der Waals surface area contributed by atoms with Gasteiger partial charge in [-0.3, -0.25) is 9.69 Å². The molecule has 1 unspecified atom stereocenters. The number of ether oxygens (including phenoxy) is 2. The van der Waals surface area contributed by atoms with E-state index in [1.165, 1.54) is 31.5 Å². The van der Waals surface area contributed by atoms with E-state index in [1.54, 1.807) is 7.11 Å². The van der Waals surface area contributed by atoms with E-state index in [-0.39, 0.29) is 18.1 Å². The standard InChI is InChI=1S/C21H32N2O3/c1-16(25-2)11-21(24)22-14-18-12-20(13-18)26-19-7-5-17(6-8-19)15-23-9-3-4-10-23/h5-8,16,18,20H,3-4,9-15H2,1-2H3,(H,22,24). The monoisotopic (exact) mass is 360 g/mol. The van der Waals surface area contributed by atoms with Gasteiger partial charge in [0.25, 0.3) is 0 Å². The molecular weight excluding hydrogens is 328 g/mol. The van der Waals surface area contributed by atoms with Gasteiger partial charge in [0.15, 0.2) is 0 Å². The zero-order chi connectivity index (χ0) is 18.4. The molecule has 0 radical (unpaired) electrons. The van der Waals surface area contributed by atoms with Crippen molar-refractivity contribution in [3.63, 3.8) is 0 Å². The number of benzene rings is 1. The molecule has 0 spiro atoms. The van der Waals surface area contributed by atoms with E-state index in [2.05, 4.69) is 34.5 Å². The Morgan fingerprint density at radius 3 is 2.58 bits per heavy atom. The van der Waals surface area contributed by atoms with Gasteiger partial charge in [0.05, 0.1) is 18.6 Å². The van der Waals surface area contributed by atoms with Crippen LogP contribution >= 0.6 is 0 Å². The van der Waals surface area contributed by atoms with Gasteiger partial charge in [-0.15, -0.1) is 0 Å². The average molecular weight is 360 g/mol. The molecule has 3 rings (SSSR count). The Hall–Kier alpha value is -1.59. The Balaban J connectivity index is 1.32. The Morgan fingerprint density at radius 2 is 1.92 bits per heavy atom. The second kappa shape index (κ2) is 9.38. The summed E-state index contributed by atoms with van der Waals surface area (Å²) in [6.45, 7) is 6.14. The number of nitrogens with one attached hydrogen (secondary N) is 1. The van der Waals surface area contributed by atoms with Crippen molar-refractivity contribution < 1.29 is 14.3 Å². The summed E-state index contributed by atoms with van der Waals surface area (Å²) >= 11 is 0. The van der Waals surface area contributed by atoms with Gasteiger partial charge in [-0.25, -0.2) is 0 Å². The molecule has 1 aromatic carbocycles. The molecule has 1 heterocycles. The van der Waals surface area contributed by atoms with Crippen LogP contribution in [0.3, 0.4) is 0 Å². The van der Waals surface area contributed by atoms with Crippen molar-refractivity contribution in [2.24, 2.45) is 5.92 Å². The van der Waals surface area contributed by atoms with E-state index in [9.17, 15) is 4.79 Å². The Morgan fingerprint density at radius 1 is 1.23 bits per heavy atom. The Kier molecular flexibility index (Phi) is 6.92. The minimum atomic E-state index is -0.0269. The molecule has 2 aliphatic rings. The van der Waals surface area contributed by atoms with E-state index in [0.717, 1.165) is 31.7 Å². The molecule has 1 aliphatic heterocycles. The largest absolute Gasteiger partial charge is 0.490 e. The molecule has 1 amide bonds. The summed E-state index contributed by atoms with van der Waals surface area (Å²) < 4.78 is 11.2. The molecule has 1 aliphatic carbocycles. The normalized spacial score (nSPS) is 24.1. The number of nitrogens with zero attached hydrogens (tertiary/aromatic N) is 1. The van der Waals surface area contributed by atoms with E-state index in [0.29, 0.717) is 12.3 Å². The zero-order valence-electron chi connectivity index (χ0n) is 16.1. The quantitative estimate of drug-likeness (QED) is 0.736. The van der Waals surface area contributed by atoms with Crippen LogP contribution in [0.2, 0.25) is 0 Å². The molecule has 144 valence electrons. The molecular formula is C21H32N2O3. The maximum Gasteiger partial charge on any atom is 0.222 e. The van der Waals surface area contributed by atoms with Crippen molar-refractivity contribution in [1.29, 1.82) is 0 Å². The first-order chi connectivity index (χ1) is 12.6. The van der Waals surface area contributed by atoms with E-state index >= 15 is 0 Å². The first-order valence-electron chi connectivity index (χ1n) is 9.90. The highest BCUT2D eigenvalue weighted by molar-refractivity contribution is 5.76. The zero-order valence-corrected chi connectivity index (χ0v) is 16.1. The smallest absolute Gasteiger partial charge is 0.222 e. The summed E-state index contributed by atoms with van der Waals surface area (Å²) in [4.78, 5) is 14.3. The number of hydrogen-bond donors (Lipinski definition) is 1. The lowest BCUT2D eigenvalue weighted by Crippen LogP contribution is -2.41. The topological polar surface area (TPSA) is 50.8 Å². The third-order valence-electron chi connectivity index (χ3n) is 5.49. The fraction of sp³-hybridized carbons (Fsp3) is 0.667. The first kappa shape index (κ1) is 19.2. The molecule has 1 saturated heterocycles. The van der Waals surface area contributed by atoms with Crippen molar-refractivity contribution >= 4 is 5.91 Å². The van der Waals surface area contributed by atoms with Gasteiger partial charge in [-0.2, -0.15) is 0 Å². The van der Waals surface area contributed by atoms with Crippen LogP contribution in [0.5, 0.6) is 5.75 Å². The highest BCUT2D eigenvalue weighted by Crippen LogP contribution is 2.31. The first-order valence-corrected chi connectivity index (χ1v) is 9.90. The maximum atomic E-state index is 11.8. The van der Waals surface area contributed by atoms with Crippen LogP contribution in [-0.2, 0) is 16.1 Å². The lowest BCUT2D eigenvalue weighted by molar-refractivity contribution is -0.123. The van der Waals surface area contributed by atoms with Crippen molar-refractivity contribution in [2.45, 2.75) is 57.8 Å². The number of rotatable bonds is 9. The lowest BCUT2D eigenvalue weighted by Gasteiger charge is -2.35. The lowest BCUT2D eigenvalue weighted by atomic mass is 9.82. The van der Waals surface area contributed by atoms with Crippen LogP contribution in [0.1, 0.15) is 44.6 Å². The van der Waals surface area contributed by atoms with Crippen LogP contribution in [-0.4, -0.2) is 49.8 Å². The van der Waals surface area contributed by atoms with Gasteiger partial charge in [-0.05, 0) is 69.3 Å². The van der Waals surface area contributed by atoms with Crippen LogP contribution < -0.4 is 10.1 Å². The van der Waals surface area contributed by atoms with Crippen molar-refractivity contribution in [3.05, 3.63) is 29.8 Å². The third kappa shape index (κ3) is 5.71. The number of likely N-dealkylation sites (tertiary alicyclic amines) is 1. The van der Waals surface area contributed by atoms with Crippen LogP contribution in [0.15, 0.2) is 24.3 Å². The number of methoxy groups -OCH3 is 1. The minimum Gasteiger partial charge on any atom is -0.490 e. The average Bonchev–Trinajstić information content (AvgIpc) is 3.11. The second-order valence-corrected chi connectivity index (χ2v) is 7.76. The maximum absolute atomic E-state index is 11.8. The molecule has 2 fully saturated rings. The van der Waals surface area contributed by atoms with Crippen LogP contribution in [0.25, 0.3) is 0 Å². The van der Waals surface area contributed by atoms with Gasteiger partial charge in [0.2, 0.25) is 5.91 Å². The summed E-state index contributed by atoms with van der Waals surface area (Å²) in [6, 6.07) is 8.54. The molecule has 1 atom stereocenters. The molecule has 0 bridgehead atoms. The Bertz CT molecular complexity index is 563. The van der Waals surface area contributed by atoms with Gasteiger partial charge in [-0.1, -0.05) is 12.1 Å². The fourth-order valence-electron chi connectivity index (χ4n) is 3.68. The number of carbonyl (C=O) groups excluding carboxylic acids is 1. The SMILES string of the molecule is COC(C)CC(=O)NCC1CC(Oc2ccc(CN3CCCC3)cc2)C1. The summed E-state index contributed by atoms with van der Waals surface area (Å²) in [5.74, 6) is 1.55. The van der Waals surface area contributed by atoms with E-state index in [4.69, 9.17) is 9.47 Å². The third-order valence-corrected chi connectivity index (χ3v) is 5.49. The van der Waals surface area contributed by atoms with Gasteiger partial charge in [0, 0.05) is 20.2 Å². The fourth-order valence-corrected chi connectivity index (χ4v) is 3.68. The second-order valence-electron chi connectivity index (χ2n) is 7.76. The molecule has 5 heteroatoms. The number of hydrogen-bond acceptors (Lipinski definition) is 4. The number of carbonyl (C=O) groups is 1. The molecule has 1 saturated carbocycles. The summed E-state index contributed by atoms with van der Waals surface area (Å²) in [5, 5.41) is 3.00.